The fourth-order valence-electron chi connectivity index (χ4n) is 3.24. The largest absolute Gasteiger partial charge is 0.352 e. The predicted molar refractivity (Wildman–Crippen MR) is 106 cm³/mol. The molecule has 1 aliphatic heterocycles. The maximum Gasteiger partial charge on any atom is 0.251 e. The first-order valence-electron chi connectivity index (χ1n) is 8.84. The third kappa shape index (κ3) is 5.94. The summed E-state index contributed by atoms with van der Waals surface area (Å²) in [4.78, 5) is 12.3. The zero-order valence-electron chi connectivity index (χ0n) is 15.6. The van der Waals surface area contributed by atoms with Gasteiger partial charge in [0.25, 0.3) is 5.91 Å². The van der Waals surface area contributed by atoms with Crippen molar-refractivity contribution in [3.05, 3.63) is 29.8 Å². The summed E-state index contributed by atoms with van der Waals surface area (Å²) in [6, 6.07) is 6.18. The molecule has 2 rings (SSSR count). The zero-order chi connectivity index (χ0) is 18.6. The Morgan fingerprint density at radius 2 is 1.77 bits per heavy atom. The SMILES string of the molecule is CC(N)CCNC(=O)c1ccc(S(=O)(=O)N2CC(C)CC(C)C2)cc1.Cl. The van der Waals surface area contributed by atoms with Gasteiger partial charge in [0.05, 0.1) is 4.90 Å². The van der Waals surface area contributed by atoms with Gasteiger partial charge in [0.15, 0.2) is 0 Å². The molecule has 1 saturated heterocycles. The number of hydrogen-bond acceptors (Lipinski definition) is 4. The second-order valence-electron chi connectivity index (χ2n) is 7.31. The molecule has 0 radical (unpaired) electrons. The summed E-state index contributed by atoms with van der Waals surface area (Å²) in [7, 11) is -3.51. The van der Waals surface area contributed by atoms with Gasteiger partial charge < -0.3 is 11.1 Å². The van der Waals surface area contributed by atoms with Crippen molar-refractivity contribution in [3.63, 3.8) is 0 Å². The topological polar surface area (TPSA) is 92.5 Å². The van der Waals surface area contributed by atoms with Gasteiger partial charge in [-0.05, 0) is 55.9 Å². The van der Waals surface area contributed by atoms with E-state index in [0.717, 1.165) is 6.42 Å². The van der Waals surface area contributed by atoms with Crippen molar-refractivity contribution >= 4 is 28.3 Å². The van der Waals surface area contributed by atoms with Crippen LogP contribution in [-0.4, -0.2) is 44.3 Å². The van der Waals surface area contributed by atoms with Crippen molar-refractivity contribution in [3.8, 4) is 0 Å². The molecule has 3 unspecified atom stereocenters. The van der Waals surface area contributed by atoms with Crippen LogP contribution in [0.1, 0.15) is 44.0 Å². The Bertz CT molecular complexity index is 682. The van der Waals surface area contributed by atoms with E-state index < -0.39 is 10.0 Å². The van der Waals surface area contributed by atoms with E-state index in [1.807, 2.05) is 6.92 Å². The van der Waals surface area contributed by atoms with E-state index in [-0.39, 0.29) is 29.3 Å². The fraction of sp³-hybridized carbons (Fsp3) is 0.611. The van der Waals surface area contributed by atoms with Crippen molar-refractivity contribution < 1.29 is 13.2 Å². The molecule has 26 heavy (non-hydrogen) atoms. The summed E-state index contributed by atoms with van der Waals surface area (Å²) >= 11 is 0. The summed E-state index contributed by atoms with van der Waals surface area (Å²) in [5.41, 5.74) is 6.10. The Hall–Kier alpha value is -1.15. The molecular weight excluding hydrogens is 374 g/mol. The molecule has 1 aliphatic rings. The first kappa shape index (κ1) is 22.9. The number of carbonyl (C=O) groups is 1. The second kappa shape index (κ2) is 9.69. The third-order valence-corrected chi connectivity index (χ3v) is 6.32. The van der Waals surface area contributed by atoms with Crippen LogP contribution in [0, 0.1) is 11.8 Å². The number of piperidine rings is 1. The van der Waals surface area contributed by atoms with E-state index in [0.29, 0.717) is 43.5 Å². The Morgan fingerprint density at radius 1 is 1.23 bits per heavy atom. The van der Waals surface area contributed by atoms with Crippen LogP contribution in [0.5, 0.6) is 0 Å². The third-order valence-electron chi connectivity index (χ3n) is 4.47. The minimum Gasteiger partial charge on any atom is -0.352 e. The standard InChI is InChI=1S/C18H29N3O3S.ClH/c1-13-10-14(2)12-21(11-13)25(23,24)17-6-4-16(5-7-17)18(22)20-9-8-15(3)19;/h4-7,13-15H,8-12,19H2,1-3H3,(H,20,22);1H. The van der Waals surface area contributed by atoms with E-state index in [9.17, 15) is 13.2 Å². The predicted octanol–water partition coefficient (Wildman–Crippen LogP) is 2.24. The lowest BCUT2D eigenvalue weighted by atomic mass is 9.94. The summed E-state index contributed by atoms with van der Waals surface area (Å²) < 4.78 is 27.2. The average Bonchev–Trinajstić information content (AvgIpc) is 2.53. The molecule has 1 amide bonds. The van der Waals surface area contributed by atoms with Crippen LogP contribution in [0.4, 0.5) is 0 Å². The van der Waals surface area contributed by atoms with Crippen molar-refractivity contribution in [2.24, 2.45) is 17.6 Å². The number of sulfonamides is 1. The summed E-state index contributed by atoms with van der Waals surface area (Å²) in [6.45, 7) is 7.63. The smallest absolute Gasteiger partial charge is 0.251 e. The molecule has 0 aliphatic carbocycles. The minimum absolute atomic E-state index is 0. The first-order chi connectivity index (χ1) is 11.7. The quantitative estimate of drug-likeness (QED) is 0.761. The molecule has 6 nitrogen and oxygen atoms in total. The number of nitrogens with one attached hydrogen (secondary N) is 1. The highest BCUT2D eigenvalue weighted by Gasteiger charge is 2.31. The minimum atomic E-state index is -3.51. The number of nitrogens with two attached hydrogens (primary N) is 1. The molecule has 0 spiro atoms. The highest BCUT2D eigenvalue weighted by Crippen LogP contribution is 2.26. The molecule has 0 bridgehead atoms. The normalized spacial score (nSPS) is 22.3. The number of carbonyl (C=O) groups excluding carboxylic acids is 1. The molecule has 1 heterocycles. The molecule has 8 heteroatoms. The molecule has 1 fully saturated rings. The highest BCUT2D eigenvalue weighted by molar-refractivity contribution is 7.89. The Labute approximate surface area is 163 Å². The molecule has 3 atom stereocenters. The molecular formula is C18H30ClN3O3S. The lowest BCUT2D eigenvalue weighted by Gasteiger charge is -2.34. The Morgan fingerprint density at radius 3 is 2.27 bits per heavy atom. The summed E-state index contributed by atoms with van der Waals surface area (Å²) in [5.74, 6) is 0.492. The molecule has 0 saturated carbocycles. The number of benzene rings is 1. The average molecular weight is 404 g/mol. The van der Waals surface area contributed by atoms with Crippen molar-refractivity contribution in [1.29, 1.82) is 0 Å². The van der Waals surface area contributed by atoms with Crippen molar-refractivity contribution in [1.82, 2.24) is 9.62 Å². The van der Waals surface area contributed by atoms with Crippen LogP contribution < -0.4 is 11.1 Å². The monoisotopic (exact) mass is 403 g/mol. The zero-order valence-corrected chi connectivity index (χ0v) is 17.3. The van der Waals surface area contributed by atoms with Gasteiger partial charge >= 0.3 is 0 Å². The summed E-state index contributed by atoms with van der Waals surface area (Å²) in [6.07, 6.45) is 1.75. The van der Waals surface area contributed by atoms with E-state index in [2.05, 4.69) is 19.2 Å². The number of hydrogen-bond donors (Lipinski definition) is 2. The molecule has 148 valence electrons. The van der Waals surface area contributed by atoms with Gasteiger partial charge in [-0.25, -0.2) is 8.42 Å². The maximum absolute atomic E-state index is 12.8. The van der Waals surface area contributed by atoms with Crippen LogP contribution in [-0.2, 0) is 10.0 Å². The van der Waals surface area contributed by atoms with E-state index in [1.54, 1.807) is 16.4 Å². The number of nitrogens with zero attached hydrogens (tertiary/aromatic N) is 1. The summed E-state index contributed by atoms with van der Waals surface area (Å²) in [5, 5.41) is 2.78. The van der Waals surface area contributed by atoms with Gasteiger partial charge in [0.1, 0.15) is 0 Å². The van der Waals surface area contributed by atoms with Gasteiger partial charge in [-0.3, -0.25) is 4.79 Å². The fourth-order valence-corrected chi connectivity index (χ4v) is 4.92. The van der Waals surface area contributed by atoms with Crippen LogP contribution in [0.3, 0.4) is 0 Å². The van der Waals surface area contributed by atoms with Crippen LogP contribution >= 0.6 is 12.4 Å². The van der Waals surface area contributed by atoms with Gasteiger partial charge in [0.2, 0.25) is 10.0 Å². The van der Waals surface area contributed by atoms with Crippen LogP contribution in [0.2, 0.25) is 0 Å². The molecule has 1 aromatic carbocycles. The van der Waals surface area contributed by atoms with Gasteiger partial charge in [-0.1, -0.05) is 13.8 Å². The second-order valence-corrected chi connectivity index (χ2v) is 9.25. The van der Waals surface area contributed by atoms with E-state index in [4.69, 9.17) is 5.73 Å². The van der Waals surface area contributed by atoms with Crippen LogP contribution in [0.25, 0.3) is 0 Å². The number of halogens is 1. The Balaban J connectivity index is 0.00000338. The lowest BCUT2D eigenvalue weighted by molar-refractivity contribution is 0.0952. The van der Waals surface area contributed by atoms with Gasteiger partial charge in [0, 0.05) is 31.2 Å². The van der Waals surface area contributed by atoms with Crippen LogP contribution in [0.15, 0.2) is 29.2 Å². The van der Waals surface area contributed by atoms with Crippen molar-refractivity contribution in [2.75, 3.05) is 19.6 Å². The molecule has 1 aromatic rings. The van der Waals surface area contributed by atoms with E-state index in [1.165, 1.54) is 12.1 Å². The Kier molecular flexibility index (Phi) is 8.53. The van der Waals surface area contributed by atoms with Gasteiger partial charge in [-0.15, -0.1) is 12.4 Å². The van der Waals surface area contributed by atoms with E-state index >= 15 is 0 Å². The lowest BCUT2D eigenvalue weighted by Crippen LogP contribution is -2.42. The van der Waals surface area contributed by atoms with Crippen molar-refractivity contribution in [2.45, 2.75) is 44.6 Å². The maximum atomic E-state index is 12.8. The number of rotatable bonds is 6. The molecule has 0 aromatic heterocycles. The number of amides is 1. The first-order valence-corrected chi connectivity index (χ1v) is 10.3. The van der Waals surface area contributed by atoms with Gasteiger partial charge in [-0.2, -0.15) is 4.31 Å². The molecule has 3 N–H and O–H groups in total. The highest BCUT2D eigenvalue weighted by atomic mass is 35.5.